The fraction of sp³-hybridized carbons (Fsp3) is 1.00. The molecule has 1 aliphatic carbocycles. The van der Waals surface area contributed by atoms with Crippen LogP contribution >= 0.6 is 0 Å². The van der Waals surface area contributed by atoms with E-state index >= 15 is 0 Å². The minimum atomic E-state index is -1.65. The van der Waals surface area contributed by atoms with Crippen LogP contribution in [0.3, 0.4) is 0 Å². The summed E-state index contributed by atoms with van der Waals surface area (Å²) in [7, 11) is 0.674. The van der Waals surface area contributed by atoms with Crippen molar-refractivity contribution in [1.29, 1.82) is 0 Å². The topological polar surface area (TPSA) is 12.5 Å². The van der Waals surface area contributed by atoms with Crippen LogP contribution in [-0.2, 0) is 4.43 Å². The summed E-state index contributed by atoms with van der Waals surface area (Å²) in [6.45, 7) is 16.6. The molecule has 1 aliphatic heterocycles. The Kier molecular flexibility index (Phi) is 5.27. The second kappa shape index (κ2) is 6.33. The van der Waals surface area contributed by atoms with Gasteiger partial charge in [0.15, 0.2) is 8.32 Å². The number of nitrogens with zero attached hydrogens (tertiary/aromatic N) is 1. The molecule has 0 amide bonds. The smallest absolute Gasteiger partial charge is 0.200 e. The van der Waals surface area contributed by atoms with Gasteiger partial charge in [-0.25, -0.2) is 0 Å². The Balaban J connectivity index is 1.89. The van der Waals surface area contributed by atoms with E-state index < -0.39 is 8.32 Å². The maximum atomic E-state index is 6.72. The van der Waals surface area contributed by atoms with E-state index in [2.05, 4.69) is 53.5 Å². The lowest BCUT2D eigenvalue weighted by atomic mass is 10.1. The van der Waals surface area contributed by atoms with Crippen LogP contribution in [0.5, 0.6) is 0 Å². The first-order chi connectivity index (χ1) is 9.77. The standard InChI is InChI=1S/C18H37NOSi/c1-14(2)21(15(3)4,16(5)6)20-12-9-17-13-18(17)10-8-11-19(18)7/h14-17H,8-13H2,1-7H3. The number of rotatable bonds is 7. The SMILES string of the molecule is CC(C)[Si](OCCC1CC12CCCN2C)(C(C)C)C(C)C. The van der Waals surface area contributed by atoms with E-state index in [4.69, 9.17) is 4.43 Å². The van der Waals surface area contributed by atoms with E-state index in [1.807, 2.05) is 0 Å². The van der Waals surface area contributed by atoms with Gasteiger partial charge in [0.1, 0.15) is 0 Å². The minimum Gasteiger partial charge on any atom is -0.416 e. The molecule has 0 aromatic carbocycles. The van der Waals surface area contributed by atoms with Gasteiger partial charge in [-0.15, -0.1) is 0 Å². The average Bonchev–Trinajstić information content (AvgIpc) is 2.95. The molecular weight excluding hydrogens is 274 g/mol. The van der Waals surface area contributed by atoms with Crippen molar-refractivity contribution in [2.45, 2.75) is 89.4 Å². The summed E-state index contributed by atoms with van der Waals surface area (Å²) in [5.41, 5.74) is 2.71. The first kappa shape index (κ1) is 17.5. The highest BCUT2D eigenvalue weighted by atomic mass is 28.4. The summed E-state index contributed by atoms with van der Waals surface area (Å²) in [4.78, 5) is 2.62. The maximum absolute atomic E-state index is 6.72. The van der Waals surface area contributed by atoms with Gasteiger partial charge in [-0.1, -0.05) is 41.5 Å². The molecule has 124 valence electrons. The van der Waals surface area contributed by atoms with Crippen LogP contribution in [0.2, 0.25) is 16.6 Å². The van der Waals surface area contributed by atoms with E-state index in [0.29, 0.717) is 22.2 Å². The zero-order chi connectivity index (χ0) is 15.8. The van der Waals surface area contributed by atoms with E-state index in [-0.39, 0.29) is 0 Å². The zero-order valence-electron chi connectivity index (χ0n) is 15.4. The first-order valence-electron chi connectivity index (χ1n) is 9.12. The molecule has 2 rings (SSSR count). The second-order valence-corrected chi connectivity index (χ2v) is 13.9. The Bertz CT molecular complexity index is 333. The lowest BCUT2D eigenvalue weighted by Gasteiger charge is -2.42. The normalized spacial score (nSPS) is 30.3. The van der Waals surface area contributed by atoms with Crippen LogP contribution in [0, 0.1) is 5.92 Å². The van der Waals surface area contributed by atoms with E-state index in [1.165, 1.54) is 32.2 Å². The monoisotopic (exact) mass is 311 g/mol. The predicted molar refractivity (Wildman–Crippen MR) is 94.3 cm³/mol. The molecule has 1 heterocycles. The Hall–Kier alpha value is 0.137. The molecule has 0 aromatic heterocycles. The zero-order valence-corrected chi connectivity index (χ0v) is 16.4. The highest BCUT2D eigenvalue weighted by Crippen LogP contribution is 2.56. The van der Waals surface area contributed by atoms with Crippen LogP contribution < -0.4 is 0 Å². The van der Waals surface area contributed by atoms with Crippen LogP contribution in [0.4, 0.5) is 0 Å². The van der Waals surface area contributed by atoms with Gasteiger partial charge in [0.05, 0.1) is 0 Å². The molecule has 0 aromatic rings. The van der Waals surface area contributed by atoms with Gasteiger partial charge in [-0.05, 0) is 61.8 Å². The lowest BCUT2D eigenvalue weighted by Crippen LogP contribution is -2.48. The van der Waals surface area contributed by atoms with Gasteiger partial charge in [0, 0.05) is 12.1 Å². The minimum absolute atomic E-state index is 0.584. The molecule has 0 N–H and O–H groups in total. The van der Waals surface area contributed by atoms with Gasteiger partial charge < -0.3 is 9.33 Å². The van der Waals surface area contributed by atoms with Gasteiger partial charge in [0.2, 0.25) is 0 Å². The highest BCUT2D eigenvalue weighted by Gasteiger charge is 2.58. The van der Waals surface area contributed by atoms with Crippen LogP contribution in [0.1, 0.15) is 67.2 Å². The third-order valence-electron chi connectivity index (χ3n) is 6.59. The summed E-state index contributed by atoms with van der Waals surface area (Å²) in [5, 5.41) is 0. The lowest BCUT2D eigenvalue weighted by molar-refractivity contribution is 0.230. The van der Waals surface area contributed by atoms with Gasteiger partial charge in [-0.3, -0.25) is 0 Å². The Morgan fingerprint density at radius 1 is 1.10 bits per heavy atom. The molecule has 2 aliphatic rings. The number of hydrogen-bond donors (Lipinski definition) is 0. The van der Waals surface area contributed by atoms with Crippen molar-refractivity contribution in [2.75, 3.05) is 20.2 Å². The third kappa shape index (κ3) is 2.98. The van der Waals surface area contributed by atoms with Crippen LogP contribution in [0.25, 0.3) is 0 Å². The van der Waals surface area contributed by atoms with Gasteiger partial charge in [0.25, 0.3) is 0 Å². The molecule has 1 saturated heterocycles. The second-order valence-electron chi connectivity index (χ2n) is 8.48. The first-order valence-corrected chi connectivity index (χ1v) is 11.3. The summed E-state index contributed by atoms with van der Waals surface area (Å²) in [6, 6.07) is 0. The van der Waals surface area contributed by atoms with Crippen molar-refractivity contribution in [2.24, 2.45) is 5.92 Å². The molecule has 2 atom stereocenters. The predicted octanol–water partition coefficient (Wildman–Crippen LogP) is 5.05. The fourth-order valence-electron chi connectivity index (χ4n) is 5.43. The van der Waals surface area contributed by atoms with Crippen molar-refractivity contribution >= 4 is 8.32 Å². The molecule has 1 saturated carbocycles. The molecule has 2 nitrogen and oxygen atoms in total. The third-order valence-corrected chi connectivity index (χ3v) is 12.7. The summed E-state index contributed by atoms with van der Waals surface area (Å²) in [6.07, 6.45) is 5.53. The highest BCUT2D eigenvalue weighted by molar-refractivity contribution is 6.77. The van der Waals surface area contributed by atoms with Crippen molar-refractivity contribution < 1.29 is 4.43 Å². The average molecular weight is 312 g/mol. The molecule has 1 spiro atoms. The molecule has 0 radical (unpaired) electrons. The van der Waals surface area contributed by atoms with Crippen LogP contribution in [0.15, 0.2) is 0 Å². The van der Waals surface area contributed by atoms with Gasteiger partial charge in [-0.2, -0.15) is 0 Å². The van der Waals surface area contributed by atoms with E-state index in [0.717, 1.165) is 12.5 Å². The fourth-order valence-corrected chi connectivity index (χ4v) is 10.9. The summed E-state index contributed by atoms with van der Waals surface area (Å²) in [5.74, 6) is 0.906. The summed E-state index contributed by atoms with van der Waals surface area (Å²) < 4.78 is 6.72. The molecule has 21 heavy (non-hydrogen) atoms. The molecule has 2 fully saturated rings. The van der Waals surface area contributed by atoms with Crippen molar-refractivity contribution in [3.05, 3.63) is 0 Å². The Labute approximate surface area is 133 Å². The molecule has 2 unspecified atom stereocenters. The summed E-state index contributed by atoms with van der Waals surface area (Å²) >= 11 is 0. The van der Waals surface area contributed by atoms with Crippen LogP contribution in [-0.4, -0.2) is 39.0 Å². The van der Waals surface area contributed by atoms with E-state index in [9.17, 15) is 0 Å². The largest absolute Gasteiger partial charge is 0.416 e. The number of likely N-dealkylation sites (tertiary alicyclic amines) is 1. The Morgan fingerprint density at radius 3 is 2.10 bits per heavy atom. The van der Waals surface area contributed by atoms with Crippen molar-refractivity contribution in [3.63, 3.8) is 0 Å². The van der Waals surface area contributed by atoms with Gasteiger partial charge >= 0.3 is 0 Å². The Morgan fingerprint density at radius 2 is 1.67 bits per heavy atom. The quantitative estimate of drug-likeness (QED) is 0.610. The van der Waals surface area contributed by atoms with Crippen molar-refractivity contribution in [3.8, 4) is 0 Å². The molecular formula is C18H37NOSi. The number of hydrogen-bond acceptors (Lipinski definition) is 2. The van der Waals surface area contributed by atoms with E-state index in [1.54, 1.807) is 0 Å². The van der Waals surface area contributed by atoms with Crippen molar-refractivity contribution in [1.82, 2.24) is 4.90 Å². The molecule has 0 bridgehead atoms. The molecule has 3 heteroatoms. The maximum Gasteiger partial charge on any atom is 0.200 e.